The third-order valence-electron chi connectivity index (χ3n) is 2.72. The normalized spacial score (nSPS) is 43.9. The van der Waals surface area contributed by atoms with Crippen molar-refractivity contribution in [2.75, 3.05) is 20.8 Å². The van der Waals surface area contributed by atoms with Crippen molar-refractivity contribution >= 4 is 0 Å². The zero-order chi connectivity index (χ0) is 10.7. The van der Waals surface area contributed by atoms with Crippen molar-refractivity contribution in [2.24, 2.45) is 11.7 Å². The van der Waals surface area contributed by atoms with Crippen LogP contribution in [0.15, 0.2) is 0 Å². The van der Waals surface area contributed by atoms with E-state index in [-0.39, 0.29) is 18.1 Å². The summed E-state index contributed by atoms with van der Waals surface area (Å²) in [7, 11) is 3.09. The lowest BCUT2D eigenvalue weighted by molar-refractivity contribution is -0.271. The van der Waals surface area contributed by atoms with Gasteiger partial charge in [0.1, 0.15) is 12.2 Å². The van der Waals surface area contributed by atoms with Gasteiger partial charge in [-0.25, -0.2) is 0 Å². The van der Waals surface area contributed by atoms with E-state index in [0.29, 0.717) is 6.54 Å². The van der Waals surface area contributed by atoms with Crippen molar-refractivity contribution < 1.29 is 19.3 Å². The Morgan fingerprint density at radius 1 is 1.36 bits per heavy atom. The minimum Gasteiger partial charge on any atom is -0.390 e. The molecular weight excluding hydrogens is 186 g/mol. The SMILES string of the molecule is COC1OC(CN)[C@@H](OC)[C@H](O)[C@@H]1C. The van der Waals surface area contributed by atoms with E-state index in [1.807, 2.05) is 6.92 Å². The van der Waals surface area contributed by atoms with E-state index < -0.39 is 12.4 Å². The lowest BCUT2D eigenvalue weighted by atomic mass is 9.92. The molecule has 1 rings (SSSR count). The zero-order valence-electron chi connectivity index (χ0n) is 8.84. The second kappa shape index (κ2) is 5.04. The summed E-state index contributed by atoms with van der Waals surface area (Å²) in [6.07, 6.45) is -1.70. The molecule has 0 aromatic carbocycles. The monoisotopic (exact) mass is 205 g/mol. The Morgan fingerprint density at radius 3 is 2.43 bits per heavy atom. The highest BCUT2D eigenvalue weighted by Gasteiger charge is 2.42. The number of hydrogen-bond acceptors (Lipinski definition) is 5. The van der Waals surface area contributed by atoms with Crippen molar-refractivity contribution in [1.82, 2.24) is 0 Å². The molecule has 3 N–H and O–H groups in total. The number of rotatable bonds is 3. The van der Waals surface area contributed by atoms with E-state index in [9.17, 15) is 5.11 Å². The summed E-state index contributed by atoms with van der Waals surface area (Å²) in [6, 6.07) is 0. The fraction of sp³-hybridized carbons (Fsp3) is 1.00. The summed E-state index contributed by atoms with van der Waals surface area (Å²) in [5, 5.41) is 9.90. The van der Waals surface area contributed by atoms with Crippen LogP contribution in [-0.4, -0.2) is 50.5 Å². The molecule has 0 aromatic heterocycles. The molecule has 14 heavy (non-hydrogen) atoms. The minimum atomic E-state index is -0.604. The summed E-state index contributed by atoms with van der Waals surface area (Å²) in [5.41, 5.74) is 5.52. The molecule has 1 aliphatic rings. The van der Waals surface area contributed by atoms with Gasteiger partial charge in [0.25, 0.3) is 0 Å². The Hall–Kier alpha value is -0.200. The highest BCUT2D eigenvalue weighted by Crippen LogP contribution is 2.27. The molecule has 2 unspecified atom stereocenters. The first-order chi connectivity index (χ1) is 6.65. The molecule has 0 spiro atoms. The van der Waals surface area contributed by atoms with Crippen LogP contribution in [0.5, 0.6) is 0 Å². The molecule has 1 fully saturated rings. The number of methoxy groups -OCH3 is 2. The lowest BCUT2D eigenvalue weighted by Crippen LogP contribution is -2.56. The van der Waals surface area contributed by atoms with Crippen molar-refractivity contribution in [2.45, 2.75) is 31.5 Å². The fourth-order valence-corrected chi connectivity index (χ4v) is 1.80. The van der Waals surface area contributed by atoms with Gasteiger partial charge in [-0.1, -0.05) is 6.92 Å². The van der Waals surface area contributed by atoms with E-state index in [4.69, 9.17) is 19.9 Å². The van der Waals surface area contributed by atoms with Gasteiger partial charge in [-0.05, 0) is 0 Å². The molecule has 0 amide bonds. The number of aliphatic hydroxyl groups excluding tert-OH is 1. The Bertz CT molecular complexity index is 176. The van der Waals surface area contributed by atoms with E-state index >= 15 is 0 Å². The Balaban J connectivity index is 2.71. The molecule has 1 aliphatic heterocycles. The van der Waals surface area contributed by atoms with Gasteiger partial charge in [-0.2, -0.15) is 0 Å². The highest BCUT2D eigenvalue weighted by molar-refractivity contribution is 4.88. The van der Waals surface area contributed by atoms with E-state index in [2.05, 4.69) is 0 Å². The van der Waals surface area contributed by atoms with Crippen LogP contribution in [0.3, 0.4) is 0 Å². The van der Waals surface area contributed by atoms with Crippen LogP contribution in [-0.2, 0) is 14.2 Å². The van der Waals surface area contributed by atoms with Crippen LogP contribution in [0.4, 0.5) is 0 Å². The standard InChI is InChI=1S/C9H19NO4/c1-5-7(11)8(12-2)6(4-10)14-9(5)13-3/h5-9,11H,4,10H2,1-3H3/t5-,6?,7+,8+,9?/m0/s1. The molecular formula is C9H19NO4. The topological polar surface area (TPSA) is 73.9 Å². The molecule has 5 atom stereocenters. The number of aliphatic hydroxyl groups is 1. The summed E-state index contributed by atoms with van der Waals surface area (Å²) in [4.78, 5) is 0. The highest BCUT2D eigenvalue weighted by atomic mass is 16.7. The molecule has 84 valence electrons. The van der Waals surface area contributed by atoms with Crippen LogP contribution >= 0.6 is 0 Å². The van der Waals surface area contributed by atoms with Gasteiger partial charge in [0.2, 0.25) is 0 Å². The molecule has 0 saturated carbocycles. The summed E-state index contributed by atoms with van der Waals surface area (Å²) < 4.78 is 15.8. The maximum absolute atomic E-state index is 9.90. The third kappa shape index (κ3) is 2.07. The number of nitrogens with two attached hydrogens (primary N) is 1. The predicted molar refractivity (Wildman–Crippen MR) is 50.7 cm³/mol. The summed E-state index contributed by atoms with van der Waals surface area (Å²) in [5.74, 6) is -0.118. The van der Waals surface area contributed by atoms with E-state index in [1.54, 1.807) is 14.2 Å². The van der Waals surface area contributed by atoms with Gasteiger partial charge in [0.15, 0.2) is 6.29 Å². The summed E-state index contributed by atoms with van der Waals surface area (Å²) >= 11 is 0. The van der Waals surface area contributed by atoms with Crippen LogP contribution in [0.25, 0.3) is 0 Å². The molecule has 0 aliphatic carbocycles. The minimum absolute atomic E-state index is 0.118. The molecule has 0 bridgehead atoms. The first-order valence-electron chi connectivity index (χ1n) is 4.74. The molecule has 0 radical (unpaired) electrons. The average molecular weight is 205 g/mol. The second-order valence-electron chi connectivity index (χ2n) is 3.56. The Morgan fingerprint density at radius 2 is 2.00 bits per heavy atom. The first-order valence-corrected chi connectivity index (χ1v) is 4.74. The summed E-state index contributed by atoms with van der Waals surface area (Å²) in [6.45, 7) is 2.17. The molecule has 5 heteroatoms. The van der Waals surface area contributed by atoms with Gasteiger partial charge in [0.05, 0.1) is 6.10 Å². The molecule has 1 saturated heterocycles. The second-order valence-corrected chi connectivity index (χ2v) is 3.56. The van der Waals surface area contributed by atoms with Crippen LogP contribution in [0, 0.1) is 5.92 Å². The maximum Gasteiger partial charge on any atom is 0.162 e. The largest absolute Gasteiger partial charge is 0.390 e. The fourth-order valence-electron chi connectivity index (χ4n) is 1.80. The molecule has 5 nitrogen and oxygen atoms in total. The maximum atomic E-state index is 9.90. The van der Waals surface area contributed by atoms with Crippen molar-refractivity contribution in [3.05, 3.63) is 0 Å². The van der Waals surface area contributed by atoms with Crippen molar-refractivity contribution in [3.63, 3.8) is 0 Å². The average Bonchev–Trinajstić information content (AvgIpc) is 2.21. The van der Waals surface area contributed by atoms with E-state index in [1.165, 1.54) is 0 Å². The van der Waals surface area contributed by atoms with Crippen LogP contribution in [0.2, 0.25) is 0 Å². The molecule has 1 heterocycles. The van der Waals surface area contributed by atoms with Crippen LogP contribution in [0.1, 0.15) is 6.92 Å². The predicted octanol–water partition coefficient (Wildman–Crippen LogP) is -0.672. The smallest absolute Gasteiger partial charge is 0.162 e. The van der Waals surface area contributed by atoms with Gasteiger partial charge in [-0.3, -0.25) is 0 Å². The van der Waals surface area contributed by atoms with Gasteiger partial charge < -0.3 is 25.1 Å². The third-order valence-corrected chi connectivity index (χ3v) is 2.72. The van der Waals surface area contributed by atoms with Crippen molar-refractivity contribution in [1.29, 1.82) is 0 Å². The van der Waals surface area contributed by atoms with E-state index in [0.717, 1.165) is 0 Å². The number of ether oxygens (including phenoxy) is 3. The van der Waals surface area contributed by atoms with Gasteiger partial charge >= 0.3 is 0 Å². The van der Waals surface area contributed by atoms with Gasteiger partial charge in [0, 0.05) is 26.7 Å². The quantitative estimate of drug-likeness (QED) is 0.639. The Labute approximate surface area is 84.1 Å². The zero-order valence-corrected chi connectivity index (χ0v) is 8.84. The Kier molecular flexibility index (Phi) is 4.28. The van der Waals surface area contributed by atoms with Gasteiger partial charge in [-0.15, -0.1) is 0 Å². The lowest BCUT2D eigenvalue weighted by Gasteiger charge is -2.41. The molecule has 0 aromatic rings. The van der Waals surface area contributed by atoms with Crippen molar-refractivity contribution in [3.8, 4) is 0 Å². The number of hydrogen-bond donors (Lipinski definition) is 2. The van der Waals surface area contributed by atoms with Crippen LogP contribution < -0.4 is 5.73 Å². The first kappa shape index (κ1) is 11.9.